The molecule has 2 N–H and O–H groups in total. The normalized spacial score (nSPS) is 16.0. The highest BCUT2D eigenvalue weighted by molar-refractivity contribution is 5.54. The first-order chi connectivity index (χ1) is 9.08. The zero-order valence-corrected chi connectivity index (χ0v) is 12.2. The van der Waals surface area contributed by atoms with Gasteiger partial charge in [0.05, 0.1) is 12.3 Å². The van der Waals surface area contributed by atoms with Crippen LogP contribution >= 0.6 is 0 Å². The van der Waals surface area contributed by atoms with Gasteiger partial charge in [-0.05, 0) is 30.9 Å². The summed E-state index contributed by atoms with van der Waals surface area (Å²) in [6.45, 7) is 4.88. The van der Waals surface area contributed by atoms with Crippen LogP contribution in [0.3, 0.4) is 0 Å². The minimum Gasteiger partial charge on any atom is -0.476 e. The van der Waals surface area contributed by atoms with E-state index in [1.165, 1.54) is 25.7 Å². The van der Waals surface area contributed by atoms with Gasteiger partial charge in [0.2, 0.25) is 5.88 Å². The van der Waals surface area contributed by atoms with E-state index in [1.807, 2.05) is 12.1 Å². The third kappa shape index (κ3) is 3.52. The molecule has 4 heteroatoms. The number of aromatic nitrogens is 1. The first kappa shape index (κ1) is 14.0. The summed E-state index contributed by atoms with van der Waals surface area (Å²) >= 11 is 0. The van der Waals surface area contributed by atoms with E-state index in [0.717, 1.165) is 5.82 Å². The van der Waals surface area contributed by atoms with Gasteiger partial charge in [0.15, 0.2) is 0 Å². The highest BCUT2D eigenvalue weighted by Gasteiger charge is 2.21. The number of nitrogen functional groups attached to an aromatic ring is 1. The zero-order chi connectivity index (χ0) is 13.8. The zero-order valence-electron chi connectivity index (χ0n) is 12.2. The van der Waals surface area contributed by atoms with E-state index in [4.69, 9.17) is 10.5 Å². The molecule has 4 nitrogen and oxygen atoms in total. The van der Waals surface area contributed by atoms with Crippen molar-refractivity contribution in [3.63, 3.8) is 0 Å². The van der Waals surface area contributed by atoms with E-state index in [9.17, 15) is 0 Å². The summed E-state index contributed by atoms with van der Waals surface area (Å²) in [6, 6.07) is 4.48. The Balaban J connectivity index is 2.10. The van der Waals surface area contributed by atoms with Crippen LogP contribution in [0, 0.1) is 5.92 Å². The van der Waals surface area contributed by atoms with Gasteiger partial charge in [-0.2, -0.15) is 4.98 Å². The van der Waals surface area contributed by atoms with Gasteiger partial charge < -0.3 is 15.4 Å². The number of anilines is 2. The Kier molecular flexibility index (Phi) is 4.51. The first-order valence-electron chi connectivity index (χ1n) is 7.20. The fourth-order valence-electron chi connectivity index (χ4n) is 2.48. The third-order valence-electron chi connectivity index (χ3n) is 3.66. The van der Waals surface area contributed by atoms with Crippen molar-refractivity contribution in [2.75, 3.05) is 24.3 Å². The predicted octanol–water partition coefficient (Wildman–Crippen LogP) is 3.08. The van der Waals surface area contributed by atoms with Gasteiger partial charge in [-0.3, -0.25) is 0 Å². The van der Waals surface area contributed by atoms with Crippen LogP contribution in [0.1, 0.15) is 39.5 Å². The molecule has 0 radical (unpaired) electrons. The van der Waals surface area contributed by atoms with Gasteiger partial charge in [-0.1, -0.05) is 26.7 Å². The molecule has 19 heavy (non-hydrogen) atoms. The summed E-state index contributed by atoms with van der Waals surface area (Å²) in [4.78, 5) is 6.83. The fraction of sp³-hybridized carbons (Fsp3) is 0.667. The molecule has 0 unspecified atom stereocenters. The quantitative estimate of drug-likeness (QED) is 0.887. The summed E-state index contributed by atoms with van der Waals surface area (Å²) in [5, 5.41) is 0. The number of hydrogen-bond acceptors (Lipinski definition) is 4. The SMILES string of the molecule is CC(C)COc1nc(N(C)C2CCCC2)ccc1N. The molecule has 0 aliphatic heterocycles. The summed E-state index contributed by atoms with van der Waals surface area (Å²) in [6.07, 6.45) is 5.15. The lowest BCUT2D eigenvalue weighted by Crippen LogP contribution is -2.29. The third-order valence-corrected chi connectivity index (χ3v) is 3.66. The van der Waals surface area contributed by atoms with Crippen LogP contribution in [0.15, 0.2) is 12.1 Å². The van der Waals surface area contributed by atoms with E-state index >= 15 is 0 Å². The minimum atomic E-state index is 0.470. The van der Waals surface area contributed by atoms with Crippen molar-refractivity contribution in [3.8, 4) is 5.88 Å². The number of rotatable bonds is 5. The molecular formula is C15H25N3O. The lowest BCUT2D eigenvalue weighted by atomic mass is 10.2. The Morgan fingerprint density at radius 2 is 2.05 bits per heavy atom. The van der Waals surface area contributed by atoms with Crippen LogP contribution in [-0.4, -0.2) is 24.7 Å². The van der Waals surface area contributed by atoms with Crippen molar-refractivity contribution >= 4 is 11.5 Å². The summed E-state index contributed by atoms with van der Waals surface area (Å²) in [7, 11) is 2.11. The second-order valence-electron chi connectivity index (χ2n) is 5.82. The van der Waals surface area contributed by atoms with Crippen molar-refractivity contribution < 1.29 is 4.74 Å². The highest BCUT2D eigenvalue weighted by Crippen LogP contribution is 2.29. The molecule has 106 valence electrons. The highest BCUT2D eigenvalue weighted by atomic mass is 16.5. The molecule has 0 saturated heterocycles. The fourth-order valence-corrected chi connectivity index (χ4v) is 2.48. The first-order valence-corrected chi connectivity index (χ1v) is 7.20. The van der Waals surface area contributed by atoms with Crippen molar-refractivity contribution in [3.05, 3.63) is 12.1 Å². The maximum atomic E-state index is 5.92. The molecule has 0 atom stereocenters. The summed E-state index contributed by atoms with van der Waals surface area (Å²) < 4.78 is 5.69. The molecule has 0 spiro atoms. The van der Waals surface area contributed by atoms with Crippen LogP contribution in [0.5, 0.6) is 5.88 Å². The van der Waals surface area contributed by atoms with E-state index in [0.29, 0.717) is 30.1 Å². The second kappa shape index (κ2) is 6.13. The van der Waals surface area contributed by atoms with E-state index in [2.05, 4.69) is 30.8 Å². The predicted molar refractivity (Wildman–Crippen MR) is 79.6 cm³/mol. The van der Waals surface area contributed by atoms with Crippen LogP contribution in [0.4, 0.5) is 11.5 Å². The number of nitrogens with two attached hydrogens (primary N) is 1. The number of nitrogens with zero attached hydrogens (tertiary/aromatic N) is 2. The lowest BCUT2D eigenvalue weighted by Gasteiger charge is -2.26. The Hall–Kier alpha value is -1.45. The lowest BCUT2D eigenvalue weighted by molar-refractivity contribution is 0.263. The van der Waals surface area contributed by atoms with Gasteiger partial charge in [0.1, 0.15) is 5.82 Å². The van der Waals surface area contributed by atoms with Crippen LogP contribution in [-0.2, 0) is 0 Å². The summed E-state index contributed by atoms with van der Waals surface area (Å²) in [5.74, 6) is 1.99. The van der Waals surface area contributed by atoms with Crippen LogP contribution < -0.4 is 15.4 Å². The van der Waals surface area contributed by atoms with Gasteiger partial charge in [0.25, 0.3) is 0 Å². The number of pyridine rings is 1. The molecule has 1 aromatic rings. The Morgan fingerprint density at radius 3 is 2.68 bits per heavy atom. The second-order valence-corrected chi connectivity index (χ2v) is 5.82. The molecule has 1 aromatic heterocycles. The Morgan fingerprint density at radius 1 is 1.37 bits per heavy atom. The maximum absolute atomic E-state index is 5.92. The molecule has 1 aliphatic rings. The molecular weight excluding hydrogens is 238 g/mol. The topological polar surface area (TPSA) is 51.4 Å². The van der Waals surface area contributed by atoms with Crippen molar-refractivity contribution in [2.24, 2.45) is 5.92 Å². The van der Waals surface area contributed by atoms with Crippen molar-refractivity contribution in [1.82, 2.24) is 4.98 Å². The molecule has 0 amide bonds. The van der Waals surface area contributed by atoms with Gasteiger partial charge in [-0.15, -0.1) is 0 Å². The van der Waals surface area contributed by atoms with E-state index < -0.39 is 0 Å². The van der Waals surface area contributed by atoms with Gasteiger partial charge >= 0.3 is 0 Å². The molecule has 1 heterocycles. The van der Waals surface area contributed by atoms with Gasteiger partial charge in [-0.25, -0.2) is 0 Å². The Bertz CT molecular complexity index is 414. The molecule has 0 aromatic carbocycles. The minimum absolute atomic E-state index is 0.470. The van der Waals surface area contributed by atoms with Gasteiger partial charge in [0, 0.05) is 13.1 Å². The monoisotopic (exact) mass is 263 g/mol. The molecule has 1 aliphatic carbocycles. The molecule has 1 fully saturated rings. The average Bonchev–Trinajstić information content (AvgIpc) is 2.90. The average molecular weight is 263 g/mol. The van der Waals surface area contributed by atoms with Crippen LogP contribution in [0.2, 0.25) is 0 Å². The largest absolute Gasteiger partial charge is 0.476 e. The summed E-state index contributed by atoms with van der Waals surface area (Å²) in [5.41, 5.74) is 6.54. The van der Waals surface area contributed by atoms with Crippen LogP contribution in [0.25, 0.3) is 0 Å². The number of ether oxygens (including phenoxy) is 1. The Labute approximate surface area is 116 Å². The smallest absolute Gasteiger partial charge is 0.239 e. The molecule has 1 saturated carbocycles. The molecule has 0 bridgehead atoms. The molecule has 2 rings (SSSR count). The van der Waals surface area contributed by atoms with E-state index in [1.54, 1.807) is 0 Å². The van der Waals surface area contributed by atoms with E-state index in [-0.39, 0.29) is 0 Å². The number of hydrogen-bond donors (Lipinski definition) is 1. The maximum Gasteiger partial charge on any atom is 0.239 e. The van der Waals surface area contributed by atoms with Crippen molar-refractivity contribution in [1.29, 1.82) is 0 Å². The standard InChI is InChI=1S/C15H25N3O/c1-11(2)10-19-15-13(16)8-9-14(17-15)18(3)12-6-4-5-7-12/h8-9,11-12H,4-7,10,16H2,1-3H3. The van der Waals surface area contributed by atoms with Crippen molar-refractivity contribution in [2.45, 2.75) is 45.6 Å².